The largest absolute Gasteiger partial charge is 0.334 e. The van der Waals surface area contributed by atoms with E-state index in [4.69, 9.17) is 0 Å². The number of para-hydroxylation sites is 1. The second kappa shape index (κ2) is 5.34. The Bertz CT molecular complexity index is 766. The van der Waals surface area contributed by atoms with E-state index in [1.54, 1.807) is 5.51 Å². The molecule has 3 aromatic rings. The van der Waals surface area contributed by atoms with Gasteiger partial charge < -0.3 is 4.57 Å². The molecular formula is C13H11BrN4OS. The molecule has 2 aromatic heterocycles. The first-order valence-electron chi connectivity index (χ1n) is 5.96. The van der Waals surface area contributed by atoms with Crippen LogP contribution in [-0.2, 0) is 11.3 Å². The van der Waals surface area contributed by atoms with Crippen molar-refractivity contribution in [3.63, 3.8) is 0 Å². The van der Waals surface area contributed by atoms with Gasteiger partial charge in [0.05, 0.1) is 0 Å². The van der Waals surface area contributed by atoms with Crippen LogP contribution in [0.2, 0.25) is 0 Å². The number of aromatic nitrogens is 3. The normalized spacial score (nSPS) is 10.9. The second-order valence-electron chi connectivity index (χ2n) is 4.29. The number of hydrogen-bond donors (Lipinski definition) is 1. The standard InChI is InChI=1S/C13H11BrN4OS/c1-8-12(14)9-4-2-3-5-10(9)18(8)6-11(19)16-13-17-15-7-20-13/h2-5,7H,6H2,1H3,(H,16,17,19). The zero-order valence-corrected chi connectivity index (χ0v) is 13.0. The van der Waals surface area contributed by atoms with Crippen LogP contribution >= 0.6 is 27.3 Å². The van der Waals surface area contributed by atoms with Crippen molar-refractivity contribution in [2.75, 3.05) is 5.32 Å². The van der Waals surface area contributed by atoms with Gasteiger partial charge in [0.15, 0.2) is 0 Å². The molecule has 20 heavy (non-hydrogen) atoms. The van der Waals surface area contributed by atoms with Gasteiger partial charge in [-0.15, -0.1) is 10.2 Å². The van der Waals surface area contributed by atoms with Crippen LogP contribution < -0.4 is 5.32 Å². The maximum Gasteiger partial charge on any atom is 0.246 e. The summed E-state index contributed by atoms with van der Waals surface area (Å²) in [5.41, 5.74) is 3.64. The predicted octanol–water partition coefficient (Wildman–Crippen LogP) is 3.20. The van der Waals surface area contributed by atoms with Crippen molar-refractivity contribution in [2.45, 2.75) is 13.5 Å². The number of carbonyl (C=O) groups is 1. The van der Waals surface area contributed by atoms with Crippen molar-refractivity contribution in [2.24, 2.45) is 0 Å². The summed E-state index contributed by atoms with van der Waals surface area (Å²) in [6, 6.07) is 7.99. The molecular weight excluding hydrogens is 340 g/mol. The fraction of sp³-hybridized carbons (Fsp3) is 0.154. The minimum atomic E-state index is -0.113. The summed E-state index contributed by atoms with van der Waals surface area (Å²) in [6.45, 7) is 2.24. The number of hydrogen-bond acceptors (Lipinski definition) is 4. The maximum absolute atomic E-state index is 12.1. The lowest BCUT2D eigenvalue weighted by Crippen LogP contribution is -2.19. The second-order valence-corrected chi connectivity index (χ2v) is 5.92. The molecule has 0 spiro atoms. The Kier molecular flexibility index (Phi) is 3.54. The van der Waals surface area contributed by atoms with Gasteiger partial charge in [-0.05, 0) is 28.9 Å². The van der Waals surface area contributed by atoms with E-state index in [0.717, 1.165) is 21.1 Å². The summed E-state index contributed by atoms with van der Waals surface area (Å²) >= 11 is 4.88. The molecule has 1 amide bonds. The smallest absolute Gasteiger partial charge is 0.246 e. The van der Waals surface area contributed by atoms with Crippen LogP contribution in [0.25, 0.3) is 10.9 Å². The topological polar surface area (TPSA) is 59.8 Å². The molecule has 0 radical (unpaired) electrons. The molecule has 0 atom stereocenters. The number of rotatable bonds is 3. The Morgan fingerprint density at radius 1 is 1.45 bits per heavy atom. The van der Waals surface area contributed by atoms with Crippen LogP contribution in [0.5, 0.6) is 0 Å². The average Bonchev–Trinajstić information content (AvgIpc) is 3.03. The predicted molar refractivity (Wildman–Crippen MR) is 82.9 cm³/mol. The fourth-order valence-electron chi connectivity index (χ4n) is 2.12. The van der Waals surface area contributed by atoms with Crippen LogP contribution in [0.4, 0.5) is 5.13 Å². The molecule has 7 heteroatoms. The SMILES string of the molecule is Cc1c(Br)c2ccccc2n1CC(=O)Nc1nncs1. The number of nitrogens with zero attached hydrogens (tertiary/aromatic N) is 3. The van der Waals surface area contributed by atoms with E-state index >= 15 is 0 Å². The van der Waals surface area contributed by atoms with E-state index in [-0.39, 0.29) is 12.5 Å². The number of amides is 1. The molecule has 0 bridgehead atoms. The maximum atomic E-state index is 12.1. The van der Waals surface area contributed by atoms with E-state index in [2.05, 4.69) is 31.4 Å². The Labute approximate surface area is 127 Å². The summed E-state index contributed by atoms with van der Waals surface area (Å²) in [4.78, 5) is 12.1. The number of benzene rings is 1. The number of halogens is 1. The first-order chi connectivity index (χ1) is 9.66. The lowest BCUT2D eigenvalue weighted by Gasteiger charge is -2.07. The summed E-state index contributed by atoms with van der Waals surface area (Å²) in [6.07, 6.45) is 0. The van der Waals surface area contributed by atoms with Crippen LogP contribution in [-0.4, -0.2) is 20.7 Å². The number of carbonyl (C=O) groups excluding carboxylic acids is 1. The molecule has 1 aromatic carbocycles. The molecule has 0 aliphatic carbocycles. The van der Waals surface area contributed by atoms with E-state index in [1.807, 2.05) is 35.8 Å². The quantitative estimate of drug-likeness (QED) is 0.788. The van der Waals surface area contributed by atoms with Gasteiger partial charge in [0.25, 0.3) is 0 Å². The van der Waals surface area contributed by atoms with Crippen LogP contribution in [0.15, 0.2) is 34.2 Å². The Balaban J connectivity index is 1.91. The van der Waals surface area contributed by atoms with Crippen molar-refractivity contribution in [3.05, 3.63) is 39.9 Å². The van der Waals surface area contributed by atoms with Crippen molar-refractivity contribution >= 4 is 49.2 Å². The summed E-state index contributed by atoms with van der Waals surface area (Å²) in [5.74, 6) is -0.113. The van der Waals surface area contributed by atoms with Gasteiger partial charge in [-0.25, -0.2) is 0 Å². The van der Waals surface area contributed by atoms with Crippen LogP contribution in [0.1, 0.15) is 5.69 Å². The summed E-state index contributed by atoms with van der Waals surface area (Å²) in [7, 11) is 0. The van der Waals surface area contributed by atoms with Crippen molar-refractivity contribution in [3.8, 4) is 0 Å². The molecule has 102 valence electrons. The van der Waals surface area contributed by atoms with Gasteiger partial charge in [-0.1, -0.05) is 29.5 Å². The molecule has 0 saturated carbocycles. The lowest BCUT2D eigenvalue weighted by molar-refractivity contribution is -0.116. The lowest BCUT2D eigenvalue weighted by atomic mass is 10.2. The van der Waals surface area contributed by atoms with Crippen molar-refractivity contribution in [1.29, 1.82) is 0 Å². The third-order valence-corrected chi connectivity index (χ3v) is 4.67. The summed E-state index contributed by atoms with van der Waals surface area (Å²) in [5, 5.41) is 11.9. The van der Waals surface area contributed by atoms with Gasteiger partial charge in [0.2, 0.25) is 11.0 Å². The average molecular weight is 351 g/mol. The minimum absolute atomic E-state index is 0.113. The highest BCUT2D eigenvalue weighted by Crippen LogP contribution is 2.30. The molecule has 0 saturated heterocycles. The molecule has 3 rings (SSSR count). The third kappa shape index (κ3) is 2.34. The Hall–Kier alpha value is -1.73. The molecule has 2 heterocycles. The van der Waals surface area contributed by atoms with E-state index < -0.39 is 0 Å². The molecule has 1 N–H and O–H groups in total. The fourth-order valence-corrected chi connectivity index (χ4v) is 3.13. The molecule has 0 unspecified atom stereocenters. The zero-order chi connectivity index (χ0) is 14.1. The number of anilines is 1. The highest BCUT2D eigenvalue weighted by Gasteiger charge is 2.14. The van der Waals surface area contributed by atoms with E-state index in [9.17, 15) is 4.79 Å². The van der Waals surface area contributed by atoms with Crippen LogP contribution in [0.3, 0.4) is 0 Å². The molecule has 0 aliphatic heterocycles. The number of fused-ring (bicyclic) bond motifs is 1. The van der Waals surface area contributed by atoms with Crippen molar-refractivity contribution in [1.82, 2.24) is 14.8 Å². The Morgan fingerprint density at radius 3 is 3.00 bits per heavy atom. The van der Waals surface area contributed by atoms with Gasteiger partial charge in [-0.3, -0.25) is 10.1 Å². The van der Waals surface area contributed by atoms with Crippen LogP contribution in [0, 0.1) is 6.92 Å². The monoisotopic (exact) mass is 350 g/mol. The van der Waals surface area contributed by atoms with E-state index in [0.29, 0.717) is 5.13 Å². The molecule has 0 aliphatic rings. The van der Waals surface area contributed by atoms with Gasteiger partial charge >= 0.3 is 0 Å². The Morgan fingerprint density at radius 2 is 2.25 bits per heavy atom. The molecule has 0 fully saturated rings. The van der Waals surface area contributed by atoms with E-state index in [1.165, 1.54) is 11.3 Å². The minimum Gasteiger partial charge on any atom is -0.334 e. The highest BCUT2D eigenvalue weighted by atomic mass is 79.9. The highest BCUT2D eigenvalue weighted by molar-refractivity contribution is 9.10. The third-order valence-electron chi connectivity index (χ3n) is 3.06. The molecule has 5 nitrogen and oxygen atoms in total. The zero-order valence-electron chi connectivity index (χ0n) is 10.6. The van der Waals surface area contributed by atoms with Crippen molar-refractivity contribution < 1.29 is 4.79 Å². The van der Waals surface area contributed by atoms with Gasteiger partial charge in [-0.2, -0.15) is 0 Å². The number of nitrogens with one attached hydrogen (secondary N) is 1. The first-order valence-corrected chi connectivity index (χ1v) is 7.63. The van der Waals surface area contributed by atoms with Gasteiger partial charge in [0.1, 0.15) is 12.1 Å². The summed E-state index contributed by atoms with van der Waals surface area (Å²) < 4.78 is 3.01. The first kappa shape index (κ1) is 13.3. The van der Waals surface area contributed by atoms with Gasteiger partial charge in [0, 0.05) is 21.1 Å².